The molecule has 7 heteroatoms. The number of aryl methyl sites for hydroxylation is 1. The van der Waals surface area contributed by atoms with Crippen molar-refractivity contribution in [2.24, 2.45) is 0 Å². The SMILES string of the molecule is Cc1ncc(I)c(=O)n1CC(=O)c1ccc(Cl)cc1Cl. The highest BCUT2D eigenvalue weighted by molar-refractivity contribution is 14.1. The molecule has 0 bridgehead atoms. The summed E-state index contributed by atoms with van der Waals surface area (Å²) in [7, 11) is 0. The van der Waals surface area contributed by atoms with Gasteiger partial charge in [0.05, 0.1) is 15.1 Å². The third-order valence-corrected chi connectivity index (χ3v) is 4.03. The molecule has 0 amide bonds. The fourth-order valence-electron chi connectivity index (χ4n) is 1.68. The summed E-state index contributed by atoms with van der Waals surface area (Å²) in [6.07, 6.45) is 1.48. The van der Waals surface area contributed by atoms with Gasteiger partial charge in [0.15, 0.2) is 5.78 Å². The van der Waals surface area contributed by atoms with Crippen LogP contribution < -0.4 is 5.56 Å². The van der Waals surface area contributed by atoms with Gasteiger partial charge in [0.1, 0.15) is 5.82 Å². The maximum Gasteiger partial charge on any atom is 0.267 e. The molecule has 0 aliphatic rings. The second kappa shape index (κ2) is 6.24. The summed E-state index contributed by atoms with van der Waals surface area (Å²) >= 11 is 13.7. The van der Waals surface area contributed by atoms with Crippen LogP contribution in [0.3, 0.4) is 0 Å². The van der Waals surface area contributed by atoms with Crippen LogP contribution in [0.15, 0.2) is 29.2 Å². The second-order valence-electron chi connectivity index (χ2n) is 4.09. The molecule has 0 radical (unpaired) electrons. The molecule has 0 N–H and O–H groups in total. The summed E-state index contributed by atoms with van der Waals surface area (Å²) in [6, 6.07) is 4.64. The maximum atomic E-state index is 12.2. The Hall–Kier alpha value is -0.920. The number of Topliss-reactive ketones (excluding diaryl/α,β-unsaturated/α-hetero) is 1. The molecule has 0 atom stereocenters. The van der Waals surface area contributed by atoms with Crippen molar-refractivity contribution in [1.82, 2.24) is 9.55 Å². The van der Waals surface area contributed by atoms with Crippen molar-refractivity contribution in [3.05, 3.63) is 59.8 Å². The van der Waals surface area contributed by atoms with E-state index in [1.807, 2.05) is 22.6 Å². The Morgan fingerprint density at radius 1 is 1.40 bits per heavy atom. The Bertz CT molecular complexity index is 744. The topological polar surface area (TPSA) is 52.0 Å². The first-order valence-corrected chi connectivity index (χ1v) is 7.44. The van der Waals surface area contributed by atoms with Crippen LogP contribution >= 0.6 is 45.8 Å². The van der Waals surface area contributed by atoms with Gasteiger partial charge in [-0.1, -0.05) is 23.2 Å². The van der Waals surface area contributed by atoms with Gasteiger partial charge < -0.3 is 0 Å². The number of benzene rings is 1. The number of hydrogen-bond donors (Lipinski definition) is 0. The van der Waals surface area contributed by atoms with Gasteiger partial charge in [-0.15, -0.1) is 0 Å². The van der Waals surface area contributed by atoms with Crippen molar-refractivity contribution in [1.29, 1.82) is 0 Å². The van der Waals surface area contributed by atoms with Crippen molar-refractivity contribution in [3.63, 3.8) is 0 Å². The zero-order valence-corrected chi connectivity index (χ0v) is 14.0. The zero-order chi connectivity index (χ0) is 14.9. The van der Waals surface area contributed by atoms with Crippen LogP contribution in [-0.4, -0.2) is 15.3 Å². The smallest absolute Gasteiger partial charge is 0.267 e. The van der Waals surface area contributed by atoms with E-state index in [1.54, 1.807) is 19.1 Å². The lowest BCUT2D eigenvalue weighted by atomic mass is 10.1. The van der Waals surface area contributed by atoms with E-state index in [0.29, 0.717) is 20.0 Å². The number of hydrogen-bond acceptors (Lipinski definition) is 3. The van der Waals surface area contributed by atoms with Gasteiger partial charge in [-0.25, -0.2) is 4.98 Å². The first-order chi connectivity index (χ1) is 9.40. The summed E-state index contributed by atoms with van der Waals surface area (Å²) in [5.74, 6) is 0.217. The van der Waals surface area contributed by atoms with Crippen molar-refractivity contribution < 1.29 is 4.79 Å². The minimum Gasteiger partial charge on any atom is -0.292 e. The van der Waals surface area contributed by atoms with Crippen LogP contribution in [0.1, 0.15) is 16.2 Å². The fraction of sp³-hybridized carbons (Fsp3) is 0.154. The molecule has 0 unspecified atom stereocenters. The van der Waals surface area contributed by atoms with Gasteiger partial charge in [0, 0.05) is 16.8 Å². The standard InChI is InChI=1S/C13H9Cl2IN2O2/c1-7-17-5-11(16)13(20)18(7)6-12(19)9-3-2-8(14)4-10(9)15/h2-5H,6H2,1H3. The van der Waals surface area contributed by atoms with Gasteiger partial charge in [-0.2, -0.15) is 0 Å². The van der Waals surface area contributed by atoms with E-state index in [9.17, 15) is 9.59 Å². The van der Waals surface area contributed by atoms with E-state index in [-0.39, 0.29) is 22.9 Å². The van der Waals surface area contributed by atoms with Crippen LogP contribution in [0, 0.1) is 10.5 Å². The van der Waals surface area contributed by atoms with E-state index in [0.717, 1.165) is 0 Å². The largest absolute Gasteiger partial charge is 0.292 e. The average Bonchev–Trinajstić information content (AvgIpc) is 2.39. The van der Waals surface area contributed by atoms with Gasteiger partial charge in [0.25, 0.3) is 5.56 Å². The highest BCUT2D eigenvalue weighted by atomic mass is 127. The number of carbonyl (C=O) groups is 1. The third-order valence-electron chi connectivity index (χ3n) is 2.74. The molecule has 0 spiro atoms. The number of carbonyl (C=O) groups excluding carboxylic acids is 1. The molecule has 1 aromatic carbocycles. The molecule has 0 aliphatic carbocycles. The summed E-state index contributed by atoms with van der Waals surface area (Å²) < 4.78 is 1.79. The lowest BCUT2D eigenvalue weighted by Crippen LogP contribution is -2.29. The van der Waals surface area contributed by atoms with E-state index < -0.39 is 0 Å². The molecule has 2 aromatic rings. The maximum absolute atomic E-state index is 12.2. The predicted molar refractivity (Wildman–Crippen MR) is 86.7 cm³/mol. The van der Waals surface area contributed by atoms with E-state index in [2.05, 4.69) is 4.98 Å². The monoisotopic (exact) mass is 422 g/mol. The van der Waals surface area contributed by atoms with Crippen molar-refractivity contribution in [2.75, 3.05) is 0 Å². The summed E-state index contributed by atoms with van der Waals surface area (Å²) in [5.41, 5.74) is 0.0952. The Kier molecular flexibility index (Phi) is 4.82. The van der Waals surface area contributed by atoms with Gasteiger partial charge in [-0.3, -0.25) is 14.2 Å². The minimum atomic E-state index is -0.263. The van der Waals surface area contributed by atoms with E-state index >= 15 is 0 Å². The molecule has 1 heterocycles. The fourth-order valence-corrected chi connectivity index (χ4v) is 2.63. The third kappa shape index (κ3) is 3.21. The first kappa shape index (κ1) is 15.5. The van der Waals surface area contributed by atoms with Gasteiger partial charge >= 0.3 is 0 Å². The lowest BCUT2D eigenvalue weighted by molar-refractivity contribution is 0.0969. The number of ketones is 1. The Morgan fingerprint density at radius 3 is 2.75 bits per heavy atom. The summed E-state index contributed by atoms with van der Waals surface area (Å²) in [6.45, 7) is 1.57. The highest BCUT2D eigenvalue weighted by Gasteiger charge is 2.14. The van der Waals surface area contributed by atoms with E-state index in [1.165, 1.54) is 16.8 Å². The normalized spacial score (nSPS) is 10.6. The van der Waals surface area contributed by atoms with Crippen molar-refractivity contribution in [3.8, 4) is 0 Å². The Labute approximate surface area is 138 Å². The molecule has 2 rings (SSSR count). The van der Waals surface area contributed by atoms with Crippen LogP contribution in [0.2, 0.25) is 10.0 Å². The van der Waals surface area contributed by atoms with Crippen molar-refractivity contribution >= 4 is 51.6 Å². The number of rotatable bonds is 3. The summed E-state index contributed by atoms with van der Waals surface area (Å²) in [4.78, 5) is 28.3. The molecule has 1 aromatic heterocycles. The molecule has 104 valence electrons. The summed E-state index contributed by atoms with van der Waals surface area (Å²) in [5, 5.41) is 0.725. The quantitative estimate of drug-likeness (QED) is 0.563. The number of halogens is 3. The zero-order valence-electron chi connectivity index (χ0n) is 10.4. The first-order valence-electron chi connectivity index (χ1n) is 5.60. The van der Waals surface area contributed by atoms with Crippen LogP contribution in [0.4, 0.5) is 0 Å². The van der Waals surface area contributed by atoms with E-state index in [4.69, 9.17) is 23.2 Å². The molecule has 20 heavy (non-hydrogen) atoms. The molecular weight excluding hydrogens is 414 g/mol. The minimum absolute atomic E-state index is 0.101. The second-order valence-corrected chi connectivity index (χ2v) is 6.10. The van der Waals surface area contributed by atoms with Gasteiger partial charge in [0.2, 0.25) is 0 Å². The molecule has 0 aliphatic heterocycles. The average molecular weight is 423 g/mol. The van der Waals surface area contributed by atoms with Gasteiger partial charge in [-0.05, 0) is 47.7 Å². The molecule has 4 nitrogen and oxygen atoms in total. The van der Waals surface area contributed by atoms with Crippen LogP contribution in [0.5, 0.6) is 0 Å². The lowest BCUT2D eigenvalue weighted by Gasteiger charge is -2.09. The number of aromatic nitrogens is 2. The molecule has 0 saturated heterocycles. The Balaban J connectivity index is 2.38. The molecule has 0 saturated carbocycles. The molecular formula is C13H9Cl2IN2O2. The Morgan fingerprint density at radius 2 is 2.10 bits per heavy atom. The number of nitrogens with zero attached hydrogens (tertiary/aromatic N) is 2. The predicted octanol–water partition coefficient (Wildman–Crippen LogP) is 3.35. The van der Waals surface area contributed by atoms with Crippen LogP contribution in [-0.2, 0) is 6.54 Å². The highest BCUT2D eigenvalue weighted by Crippen LogP contribution is 2.21. The van der Waals surface area contributed by atoms with Crippen LogP contribution in [0.25, 0.3) is 0 Å². The molecule has 0 fully saturated rings. The van der Waals surface area contributed by atoms with Crippen molar-refractivity contribution in [2.45, 2.75) is 13.5 Å².